The zero-order valence-electron chi connectivity index (χ0n) is 12.9. The molecular weight excluding hydrogens is 278 g/mol. The van der Waals surface area contributed by atoms with Crippen molar-refractivity contribution in [2.75, 3.05) is 0 Å². The van der Waals surface area contributed by atoms with Crippen molar-refractivity contribution in [1.82, 2.24) is 0 Å². The van der Waals surface area contributed by atoms with Crippen LogP contribution in [0.1, 0.15) is 11.1 Å². The Morgan fingerprint density at radius 2 is 1.48 bits per heavy atom. The van der Waals surface area contributed by atoms with E-state index in [1.807, 2.05) is 42.5 Å². The highest BCUT2D eigenvalue weighted by Crippen LogP contribution is 2.32. The van der Waals surface area contributed by atoms with E-state index in [1.165, 1.54) is 16.7 Å². The van der Waals surface area contributed by atoms with Crippen molar-refractivity contribution in [3.05, 3.63) is 96.6 Å². The molecule has 0 aromatic heterocycles. The molecule has 0 N–H and O–H groups in total. The maximum absolute atomic E-state index is 9.13. The average molecular weight is 295 g/mol. The Labute approximate surface area is 137 Å². The predicted molar refractivity (Wildman–Crippen MR) is 95.9 cm³/mol. The first-order valence-electron chi connectivity index (χ1n) is 7.61. The summed E-state index contributed by atoms with van der Waals surface area (Å²) in [7, 11) is 0. The molecule has 23 heavy (non-hydrogen) atoms. The van der Waals surface area contributed by atoms with E-state index in [4.69, 9.17) is 5.26 Å². The minimum Gasteiger partial charge on any atom is -0.192 e. The van der Waals surface area contributed by atoms with Crippen LogP contribution in [-0.4, -0.2) is 0 Å². The van der Waals surface area contributed by atoms with Gasteiger partial charge in [-0.1, -0.05) is 66.7 Å². The highest BCUT2D eigenvalue weighted by molar-refractivity contribution is 5.84. The van der Waals surface area contributed by atoms with Crippen LogP contribution in [0.15, 0.2) is 85.5 Å². The summed E-state index contributed by atoms with van der Waals surface area (Å²) in [6.45, 7) is 3.81. The Hall–Kier alpha value is -3.11. The Kier molecular flexibility index (Phi) is 4.36. The Morgan fingerprint density at radius 1 is 0.826 bits per heavy atom. The fourth-order valence-corrected chi connectivity index (χ4v) is 2.78. The largest absolute Gasteiger partial charge is 0.192 e. The second-order valence-corrected chi connectivity index (χ2v) is 5.43. The SMILES string of the molecule is C=CCc1cccc(-c2ccccc2-c2cccc(C#N)c2)c1. The number of hydrogen-bond donors (Lipinski definition) is 0. The number of nitrogens with zero attached hydrogens (tertiary/aromatic N) is 1. The molecule has 0 unspecified atom stereocenters. The number of hydrogen-bond acceptors (Lipinski definition) is 1. The summed E-state index contributed by atoms with van der Waals surface area (Å²) in [5.41, 5.74) is 6.49. The van der Waals surface area contributed by atoms with Crippen LogP contribution < -0.4 is 0 Å². The summed E-state index contributed by atoms with van der Waals surface area (Å²) in [6.07, 6.45) is 2.78. The second-order valence-electron chi connectivity index (χ2n) is 5.43. The van der Waals surface area contributed by atoms with Crippen LogP contribution in [-0.2, 0) is 6.42 Å². The van der Waals surface area contributed by atoms with Gasteiger partial charge < -0.3 is 0 Å². The van der Waals surface area contributed by atoms with E-state index in [9.17, 15) is 0 Å². The molecule has 0 atom stereocenters. The Bertz CT molecular complexity index is 884. The standard InChI is InChI=1S/C22H17N/c1-2-7-17-8-5-10-19(14-17)21-12-3-4-13-22(21)20-11-6-9-18(15-20)16-23/h2-6,8-15H,1,7H2. The minimum atomic E-state index is 0.678. The summed E-state index contributed by atoms with van der Waals surface area (Å²) in [6, 6.07) is 26.8. The van der Waals surface area contributed by atoms with Gasteiger partial charge in [-0.25, -0.2) is 0 Å². The van der Waals surface area contributed by atoms with Gasteiger partial charge in [-0.2, -0.15) is 5.26 Å². The van der Waals surface area contributed by atoms with Crippen LogP contribution in [0, 0.1) is 11.3 Å². The van der Waals surface area contributed by atoms with Crippen LogP contribution in [0.4, 0.5) is 0 Å². The summed E-state index contributed by atoms with van der Waals surface area (Å²) >= 11 is 0. The normalized spacial score (nSPS) is 10.0. The molecule has 110 valence electrons. The maximum Gasteiger partial charge on any atom is 0.0991 e. The molecule has 3 rings (SSSR count). The highest BCUT2D eigenvalue weighted by atomic mass is 14.2. The van der Waals surface area contributed by atoms with E-state index in [0.29, 0.717) is 5.56 Å². The Morgan fingerprint density at radius 3 is 2.13 bits per heavy atom. The summed E-state index contributed by atoms with van der Waals surface area (Å²) in [5, 5.41) is 9.13. The molecule has 0 fully saturated rings. The van der Waals surface area contributed by atoms with Crippen molar-refractivity contribution in [2.45, 2.75) is 6.42 Å². The van der Waals surface area contributed by atoms with Crippen molar-refractivity contribution in [3.63, 3.8) is 0 Å². The summed E-state index contributed by atoms with van der Waals surface area (Å²) < 4.78 is 0. The van der Waals surface area contributed by atoms with Crippen LogP contribution in [0.5, 0.6) is 0 Å². The van der Waals surface area contributed by atoms with Crippen LogP contribution in [0.2, 0.25) is 0 Å². The zero-order chi connectivity index (χ0) is 16.1. The van der Waals surface area contributed by atoms with Gasteiger partial charge in [-0.3, -0.25) is 0 Å². The third kappa shape index (κ3) is 3.22. The second kappa shape index (κ2) is 6.77. The van der Waals surface area contributed by atoms with Crippen LogP contribution in [0.25, 0.3) is 22.3 Å². The van der Waals surface area contributed by atoms with E-state index in [-0.39, 0.29) is 0 Å². The van der Waals surface area contributed by atoms with Crippen molar-refractivity contribution >= 4 is 0 Å². The molecule has 1 heteroatoms. The molecule has 0 aliphatic rings. The lowest BCUT2D eigenvalue weighted by molar-refractivity contribution is 1.28. The van der Waals surface area contributed by atoms with Gasteiger partial charge >= 0.3 is 0 Å². The van der Waals surface area contributed by atoms with Crippen molar-refractivity contribution < 1.29 is 0 Å². The molecule has 0 heterocycles. The monoisotopic (exact) mass is 295 g/mol. The van der Waals surface area contributed by atoms with Gasteiger partial charge in [0.05, 0.1) is 11.6 Å². The lowest BCUT2D eigenvalue weighted by atomic mass is 9.93. The van der Waals surface area contributed by atoms with E-state index in [2.05, 4.69) is 49.0 Å². The summed E-state index contributed by atoms with van der Waals surface area (Å²) in [4.78, 5) is 0. The molecule has 1 nitrogen and oxygen atoms in total. The zero-order valence-corrected chi connectivity index (χ0v) is 12.9. The molecule has 0 radical (unpaired) electrons. The van der Waals surface area contributed by atoms with Crippen molar-refractivity contribution in [3.8, 4) is 28.3 Å². The molecule has 0 aliphatic heterocycles. The quantitative estimate of drug-likeness (QED) is 0.573. The summed E-state index contributed by atoms with van der Waals surface area (Å²) in [5.74, 6) is 0. The predicted octanol–water partition coefficient (Wildman–Crippen LogP) is 5.62. The third-order valence-electron chi connectivity index (χ3n) is 3.85. The highest BCUT2D eigenvalue weighted by Gasteiger charge is 2.08. The fraction of sp³-hybridized carbons (Fsp3) is 0.0455. The Balaban J connectivity index is 2.13. The molecule has 3 aromatic rings. The topological polar surface area (TPSA) is 23.8 Å². The van der Waals surface area contributed by atoms with Crippen LogP contribution in [0.3, 0.4) is 0 Å². The van der Waals surface area contributed by atoms with Gasteiger partial charge in [0, 0.05) is 0 Å². The lowest BCUT2D eigenvalue weighted by Gasteiger charge is -2.11. The fourth-order valence-electron chi connectivity index (χ4n) is 2.78. The third-order valence-corrected chi connectivity index (χ3v) is 3.85. The van der Waals surface area contributed by atoms with Gasteiger partial charge in [0.1, 0.15) is 0 Å². The minimum absolute atomic E-state index is 0.678. The van der Waals surface area contributed by atoms with E-state index in [0.717, 1.165) is 17.5 Å². The lowest BCUT2D eigenvalue weighted by Crippen LogP contribution is -1.88. The average Bonchev–Trinajstić information content (AvgIpc) is 2.62. The number of nitriles is 1. The van der Waals surface area contributed by atoms with Crippen molar-refractivity contribution in [1.29, 1.82) is 5.26 Å². The van der Waals surface area contributed by atoms with Gasteiger partial charge in [0.25, 0.3) is 0 Å². The molecule has 0 saturated carbocycles. The van der Waals surface area contributed by atoms with Gasteiger partial charge in [-0.05, 0) is 46.4 Å². The van der Waals surface area contributed by atoms with Crippen LogP contribution >= 0.6 is 0 Å². The number of allylic oxidation sites excluding steroid dienone is 1. The van der Waals surface area contributed by atoms with Crippen molar-refractivity contribution in [2.24, 2.45) is 0 Å². The molecule has 0 saturated heterocycles. The maximum atomic E-state index is 9.13. The number of benzene rings is 3. The van der Waals surface area contributed by atoms with E-state index >= 15 is 0 Å². The first kappa shape index (κ1) is 14.8. The van der Waals surface area contributed by atoms with Gasteiger partial charge in [0.15, 0.2) is 0 Å². The molecule has 0 amide bonds. The molecule has 0 bridgehead atoms. The first-order valence-corrected chi connectivity index (χ1v) is 7.61. The number of rotatable bonds is 4. The molecule has 0 aliphatic carbocycles. The van der Waals surface area contributed by atoms with E-state index in [1.54, 1.807) is 0 Å². The van der Waals surface area contributed by atoms with Gasteiger partial charge in [-0.15, -0.1) is 6.58 Å². The molecule has 3 aromatic carbocycles. The molecule has 0 spiro atoms. The molecular formula is C22H17N. The smallest absolute Gasteiger partial charge is 0.0991 e. The van der Waals surface area contributed by atoms with E-state index < -0.39 is 0 Å². The first-order chi connectivity index (χ1) is 11.3. The van der Waals surface area contributed by atoms with Gasteiger partial charge in [0.2, 0.25) is 0 Å².